The number of carbonyl (C=O) groups is 2. The monoisotopic (exact) mass is 290 g/mol. The van der Waals surface area contributed by atoms with E-state index in [2.05, 4.69) is 5.32 Å². The Balaban J connectivity index is 1.89. The van der Waals surface area contributed by atoms with E-state index in [9.17, 15) is 14.9 Å². The molecule has 2 amide bonds. The molecule has 2 fully saturated rings. The van der Waals surface area contributed by atoms with Crippen molar-refractivity contribution in [1.82, 2.24) is 15.1 Å². The summed E-state index contributed by atoms with van der Waals surface area (Å²) in [4.78, 5) is 26.4. The van der Waals surface area contributed by atoms with E-state index in [1.165, 1.54) is 6.42 Å². The molecule has 0 unspecified atom stereocenters. The van der Waals surface area contributed by atoms with Crippen LogP contribution in [0, 0.1) is 11.3 Å². The third-order valence-corrected chi connectivity index (χ3v) is 4.12. The van der Waals surface area contributed by atoms with Gasteiger partial charge in [0, 0.05) is 38.4 Å². The Morgan fingerprint density at radius 1 is 1.10 bits per heavy atom. The molecule has 1 aliphatic heterocycles. The SMILES string of the molecule is N#C/C(=C/N1CCN(C=O)CC1)C(=O)NC1CCCCC1. The van der Waals surface area contributed by atoms with Crippen molar-refractivity contribution >= 4 is 12.3 Å². The fourth-order valence-corrected chi connectivity index (χ4v) is 2.80. The summed E-state index contributed by atoms with van der Waals surface area (Å²) in [7, 11) is 0. The zero-order chi connectivity index (χ0) is 15.1. The Kier molecular flexibility index (Phi) is 5.61. The predicted molar refractivity (Wildman–Crippen MR) is 77.9 cm³/mol. The van der Waals surface area contributed by atoms with Gasteiger partial charge in [-0.3, -0.25) is 9.59 Å². The number of nitrogens with zero attached hydrogens (tertiary/aromatic N) is 3. The van der Waals surface area contributed by atoms with Crippen LogP contribution in [0.25, 0.3) is 0 Å². The maximum absolute atomic E-state index is 12.1. The van der Waals surface area contributed by atoms with Crippen molar-refractivity contribution < 1.29 is 9.59 Å². The largest absolute Gasteiger partial charge is 0.373 e. The number of piperazine rings is 1. The lowest BCUT2D eigenvalue weighted by molar-refractivity contribution is -0.120. The van der Waals surface area contributed by atoms with Crippen LogP contribution in [0.15, 0.2) is 11.8 Å². The van der Waals surface area contributed by atoms with Crippen LogP contribution in [0.1, 0.15) is 32.1 Å². The van der Waals surface area contributed by atoms with Crippen molar-refractivity contribution in [2.24, 2.45) is 0 Å². The number of carbonyl (C=O) groups excluding carboxylic acids is 2. The third kappa shape index (κ3) is 4.48. The Bertz CT molecular complexity index is 441. The van der Waals surface area contributed by atoms with Crippen LogP contribution >= 0.6 is 0 Å². The molecule has 1 heterocycles. The highest BCUT2D eigenvalue weighted by atomic mass is 16.2. The van der Waals surface area contributed by atoms with Gasteiger partial charge in [0.25, 0.3) is 5.91 Å². The summed E-state index contributed by atoms with van der Waals surface area (Å²) in [6.45, 7) is 2.56. The minimum atomic E-state index is -0.276. The van der Waals surface area contributed by atoms with E-state index in [1.54, 1.807) is 11.1 Å². The number of rotatable bonds is 4. The van der Waals surface area contributed by atoms with Crippen LogP contribution < -0.4 is 5.32 Å². The molecule has 1 saturated carbocycles. The predicted octanol–water partition coefficient (Wildman–Crippen LogP) is 0.617. The fraction of sp³-hybridized carbons (Fsp3) is 0.667. The van der Waals surface area contributed by atoms with Crippen LogP contribution in [0.5, 0.6) is 0 Å². The van der Waals surface area contributed by atoms with Gasteiger partial charge in [0.15, 0.2) is 0 Å². The first-order valence-corrected chi connectivity index (χ1v) is 7.59. The van der Waals surface area contributed by atoms with Crippen molar-refractivity contribution in [3.05, 3.63) is 11.8 Å². The van der Waals surface area contributed by atoms with Gasteiger partial charge in [-0.1, -0.05) is 19.3 Å². The number of hydrogen-bond donors (Lipinski definition) is 1. The molecule has 0 aromatic carbocycles. The number of nitriles is 1. The van der Waals surface area contributed by atoms with Crippen LogP contribution in [0.2, 0.25) is 0 Å². The molecule has 1 N–H and O–H groups in total. The lowest BCUT2D eigenvalue weighted by Gasteiger charge is -2.31. The first kappa shape index (κ1) is 15.4. The van der Waals surface area contributed by atoms with Gasteiger partial charge in [-0.2, -0.15) is 5.26 Å². The maximum Gasteiger partial charge on any atom is 0.263 e. The Labute approximate surface area is 125 Å². The topological polar surface area (TPSA) is 76.4 Å². The minimum Gasteiger partial charge on any atom is -0.373 e. The van der Waals surface area contributed by atoms with Crippen LogP contribution in [-0.4, -0.2) is 54.3 Å². The summed E-state index contributed by atoms with van der Waals surface area (Å²) in [6.07, 6.45) is 7.98. The zero-order valence-electron chi connectivity index (χ0n) is 12.3. The molecule has 0 aromatic heterocycles. The number of hydrogen-bond acceptors (Lipinski definition) is 4. The number of nitrogens with one attached hydrogen (secondary N) is 1. The molecule has 1 saturated heterocycles. The molecule has 0 radical (unpaired) electrons. The van der Waals surface area contributed by atoms with E-state index in [0.29, 0.717) is 26.2 Å². The van der Waals surface area contributed by atoms with Gasteiger partial charge in [0.05, 0.1) is 0 Å². The Morgan fingerprint density at radius 2 is 1.71 bits per heavy atom. The Hall–Kier alpha value is -2.03. The first-order valence-electron chi connectivity index (χ1n) is 7.59. The van der Waals surface area contributed by atoms with Crippen molar-refractivity contribution in [2.45, 2.75) is 38.1 Å². The van der Waals surface area contributed by atoms with E-state index < -0.39 is 0 Å². The van der Waals surface area contributed by atoms with E-state index in [0.717, 1.165) is 32.1 Å². The summed E-state index contributed by atoms with van der Waals surface area (Å²) in [5.74, 6) is -0.276. The van der Waals surface area contributed by atoms with Crippen LogP contribution in [0.4, 0.5) is 0 Å². The first-order chi connectivity index (χ1) is 10.2. The molecular formula is C15H22N4O2. The van der Waals surface area contributed by atoms with Gasteiger partial charge in [0.1, 0.15) is 11.6 Å². The second-order valence-electron chi connectivity index (χ2n) is 5.64. The summed E-state index contributed by atoms with van der Waals surface area (Å²) in [5, 5.41) is 12.1. The highest BCUT2D eigenvalue weighted by Crippen LogP contribution is 2.17. The second-order valence-corrected chi connectivity index (χ2v) is 5.64. The normalized spacial score (nSPS) is 20.8. The lowest BCUT2D eigenvalue weighted by Crippen LogP contribution is -2.44. The van der Waals surface area contributed by atoms with E-state index in [-0.39, 0.29) is 17.5 Å². The molecule has 0 bridgehead atoms. The summed E-state index contributed by atoms with van der Waals surface area (Å²) in [6, 6.07) is 2.19. The standard InChI is InChI=1S/C15H22N4O2/c16-10-13(11-18-6-8-19(12-20)9-7-18)15(21)17-14-4-2-1-3-5-14/h11-12,14H,1-9H2,(H,17,21)/b13-11-. The van der Waals surface area contributed by atoms with E-state index >= 15 is 0 Å². The molecule has 6 heteroatoms. The summed E-state index contributed by atoms with van der Waals surface area (Å²) >= 11 is 0. The molecule has 6 nitrogen and oxygen atoms in total. The summed E-state index contributed by atoms with van der Waals surface area (Å²) in [5.41, 5.74) is 0.153. The van der Waals surface area contributed by atoms with Crippen molar-refractivity contribution in [3.63, 3.8) is 0 Å². The molecule has 2 rings (SSSR count). The van der Waals surface area contributed by atoms with Crippen LogP contribution in [0.3, 0.4) is 0 Å². The highest BCUT2D eigenvalue weighted by Gasteiger charge is 2.20. The number of amides is 2. The van der Waals surface area contributed by atoms with Gasteiger partial charge >= 0.3 is 0 Å². The maximum atomic E-state index is 12.1. The van der Waals surface area contributed by atoms with Gasteiger partial charge < -0.3 is 15.1 Å². The summed E-state index contributed by atoms with van der Waals surface area (Å²) < 4.78 is 0. The smallest absolute Gasteiger partial charge is 0.263 e. The molecule has 0 spiro atoms. The molecule has 0 aromatic rings. The average molecular weight is 290 g/mol. The molecule has 2 aliphatic rings. The fourth-order valence-electron chi connectivity index (χ4n) is 2.80. The van der Waals surface area contributed by atoms with Gasteiger partial charge in [-0.05, 0) is 12.8 Å². The van der Waals surface area contributed by atoms with E-state index in [4.69, 9.17) is 0 Å². The van der Waals surface area contributed by atoms with Gasteiger partial charge in [-0.15, -0.1) is 0 Å². The molecule has 1 aliphatic carbocycles. The minimum absolute atomic E-state index is 0.153. The second kappa shape index (κ2) is 7.67. The molecular weight excluding hydrogens is 268 g/mol. The van der Waals surface area contributed by atoms with Crippen molar-refractivity contribution in [3.8, 4) is 6.07 Å². The molecule has 21 heavy (non-hydrogen) atoms. The van der Waals surface area contributed by atoms with Crippen molar-refractivity contribution in [2.75, 3.05) is 26.2 Å². The van der Waals surface area contributed by atoms with Gasteiger partial charge in [0.2, 0.25) is 6.41 Å². The zero-order valence-corrected chi connectivity index (χ0v) is 12.3. The Morgan fingerprint density at radius 3 is 2.29 bits per heavy atom. The molecule has 114 valence electrons. The van der Waals surface area contributed by atoms with Crippen molar-refractivity contribution in [1.29, 1.82) is 5.26 Å². The molecule has 0 atom stereocenters. The average Bonchev–Trinajstić information content (AvgIpc) is 2.54. The van der Waals surface area contributed by atoms with Gasteiger partial charge in [-0.25, -0.2) is 0 Å². The quantitative estimate of drug-likeness (QED) is 0.468. The lowest BCUT2D eigenvalue weighted by atomic mass is 9.95. The van der Waals surface area contributed by atoms with Crippen LogP contribution in [-0.2, 0) is 9.59 Å². The third-order valence-electron chi connectivity index (χ3n) is 4.12. The van der Waals surface area contributed by atoms with E-state index in [1.807, 2.05) is 11.0 Å². The highest BCUT2D eigenvalue weighted by molar-refractivity contribution is 5.97.